The molecule has 0 aliphatic carbocycles. The molecule has 1 unspecified atom stereocenters. The van der Waals surface area contributed by atoms with E-state index in [-0.39, 0.29) is 30.6 Å². The van der Waals surface area contributed by atoms with Gasteiger partial charge < -0.3 is 4.42 Å². The summed E-state index contributed by atoms with van der Waals surface area (Å²) < 4.78 is 32.0. The van der Waals surface area contributed by atoms with Gasteiger partial charge in [0, 0.05) is 12.1 Å². The third-order valence-corrected chi connectivity index (χ3v) is 6.73. The molecule has 0 saturated carbocycles. The summed E-state index contributed by atoms with van der Waals surface area (Å²) in [5.41, 5.74) is 2.57. The Morgan fingerprint density at radius 3 is 2.52 bits per heavy atom. The van der Waals surface area contributed by atoms with E-state index in [0.717, 1.165) is 16.7 Å². The molecule has 0 spiro atoms. The fourth-order valence-corrected chi connectivity index (χ4v) is 4.57. The number of aromatic nitrogens is 2. The number of hydrogen-bond acceptors (Lipinski definition) is 6. The zero-order valence-electron chi connectivity index (χ0n) is 15.8. The number of hydrogen-bond donors (Lipinski definition) is 1. The Kier molecular flexibility index (Phi) is 5.16. The van der Waals surface area contributed by atoms with Crippen LogP contribution < -0.4 is 5.32 Å². The average molecular weight is 412 g/mol. The first-order valence-electron chi connectivity index (χ1n) is 9.24. The van der Waals surface area contributed by atoms with E-state index in [9.17, 15) is 13.2 Å². The molecule has 1 aromatic heterocycles. The topological polar surface area (TPSA) is 105 Å². The van der Waals surface area contributed by atoms with E-state index in [0.29, 0.717) is 0 Å². The Balaban J connectivity index is 1.59. The lowest BCUT2D eigenvalue weighted by Crippen LogP contribution is -2.51. The molecule has 8 nitrogen and oxygen atoms in total. The van der Waals surface area contributed by atoms with Gasteiger partial charge in [-0.05, 0) is 36.6 Å². The van der Waals surface area contributed by atoms with E-state index in [1.54, 1.807) is 6.92 Å². The van der Waals surface area contributed by atoms with E-state index >= 15 is 0 Å². The van der Waals surface area contributed by atoms with Crippen LogP contribution in [-0.4, -0.2) is 40.6 Å². The number of fused-ring (bicyclic) bond motifs is 1. The van der Waals surface area contributed by atoms with Gasteiger partial charge in [-0.1, -0.05) is 47.6 Å². The molecule has 2 aromatic carbocycles. The highest BCUT2D eigenvalue weighted by molar-refractivity contribution is 7.89. The van der Waals surface area contributed by atoms with E-state index in [1.165, 1.54) is 4.31 Å². The van der Waals surface area contributed by atoms with Crippen LogP contribution in [0.15, 0.2) is 59.0 Å². The normalized spacial score (nSPS) is 16.9. The van der Waals surface area contributed by atoms with Crippen molar-refractivity contribution in [3.05, 3.63) is 65.7 Å². The molecule has 29 heavy (non-hydrogen) atoms. The van der Waals surface area contributed by atoms with Crippen LogP contribution in [0.3, 0.4) is 0 Å². The van der Waals surface area contributed by atoms with Crippen molar-refractivity contribution in [2.45, 2.75) is 25.9 Å². The van der Waals surface area contributed by atoms with Gasteiger partial charge in [-0.3, -0.25) is 10.1 Å². The quantitative estimate of drug-likeness (QED) is 0.690. The van der Waals surface area contributed by atoms with Crippen LogP contribution in [0.1, 0.15) is 18.1 Å². The number of anilines is 1. The van der Waals surface area contributed by atoms with Gasteiger partial charge >= 0.3 is 6.01 Å². The maximum Gasteiger partial charge on any atom is 0.322 e. The fraction of sp³-hybridized carbons (Fsp3) is 0.250. The summed E-state index contributed by atoms with van der Waals surface area (Å²) in [7, 11) is -3.58. The number of sulfonamides is 1. The minimum absolute atomic E-state index is 0.0680. The minimum atomic E-state index is -3.58. The summed E-state index contributed by atoms with van der Waals surface area (Å²) in [5, 5.41) is 10.4. The highest BCUT2D eigenvalue weighted by atomic mass is 32.2. The zero-order valence-corrected chi connectivity index (χ0v) is 16.6. The first-order valence-corrected chi connectivity index (χ1v) is 10.8. The van der Waals surface area contributed by atoms with Crippen LogP contribution in [0.5, 0.6) is 0 Å². The first-order chi connectivity index (χ1) is 14.0. The van der Waals surface area contributed by atoms with Gasteiger partial charge in [-0.15, -0.1) is 5.10 Å². The standard InChI is InChI=1S/C20H20N4O4S/c1-2-29(26,27)24-13-16-11-7-6-10-15(16)12-17(24)18(25)21-20-23-22-19(28-20)14-8-4-3-5-9-14/h3-11,17H,2,12-13H2,1H3,(H,21,23,25). The third kappa shape index (κ3) is 3.92. The van der Waals surface area contributed by atoms with E-state index < -0.39 is 22.0 Å². The molecular weight excluding hydrogens is 392 g/mol. The molecule has 0 saturated heterocycles. The lowest BCUT2D eigenvalue weighted by Gasteiger charge is -2.34. The maximum atomic E-state index is 13.0. The van der Waals surface area contributed by atoms with Crippen molar-refractivity contribution >= 4 is 21.9 Å². The van der Waals surface area contributed by atoms with Gasteiger partial charge in [0.15, 0.2) is 0 Å². The molecule has 2 heterocycles. The smallest absolute Gasteiger partial charge is 0.322 e. The molecule has 150 valence electrons. The van der Waals surface area contributed by atoms with Crippen molar-refractivity contribution in [1.29, 1.82) is 0 Å². The van der Waals surface area contributed by atoms with Gasteiger partial charge in [0.2, 0.25) is 21.8 Å². The van der Waals surface area contributed by atoms with Crippen molar-refractivity contribution in [2.24, 2.45) is 0 Å². The molecule has 1 aliphatic heterocycles. The molecule has 1 atom stereocenters. The number of rotatable bonds is 5. The van der Waals surface area contributed by atoms with Crippen LogP contribution in [0, 0.1) is 0 Å². The van der Waals surface area contributed by atoms with Crippen LogP contribution in [0.4, 0.5) is 6.01 Å². The van der Waals surface area contributed by atoms with Gasteiger partial charge in [0.05, 0.1) is 5.75 Å². The largest absolute Gasteiger partial charge is 0.403 e. The summed E-state index contributed by atoms with van der Waals surface area (Å²) in [6.45, 7) is 1.72. The van der Waals surface area contributed by atoms with Crippen LogP contribution >= 0.6 is 0 Å². The monoisotopic (exact) mass is 412 g/mol. The third-order valence-electron chi connectivity index (χ3n) is 4.91. The zero-order chi connectivity index (χ0) is 20.4. The van der Waals surface area contributed by atoms with Gasteiger partial charge in [0.1, 0.15) is 6.04 Å². The second-order valence-electron chi connectivity index (χ2n) is 6.70. The highest BCUT2D eigenvalue weighted by Gasteiger charge is 2.38. The van der Waals surface area contributed by atoms with Crippen molar-refractivity contribution in [3.8, 4) is 11.5 Å². The number of nitrogens with zero attached hydrogens (tertiary/aromatic N) is 3. The van der Waals surface area contributed by atoms with E-state index in [4.69, 9.17) is 4.42 Å². The molecule has 1 amide bonds. The summed E-state index contributed by atoms with van der Waals surface area (Å²) in [5.74, 6) is -0.315. The van der Waals surface area contributed by atoms with Crippen molar-refractivity contribution in [3.63, 3.8) is 0 Å². The summed E-state index contributed by atoms with van der Waals surface area (Å²) in [6.07, 6.45) is 0.279. The predicted molar refractivity (Wildman–Crippen MR) is 107 cm³/mol. The Labute approximate surface area is 168 Å². The second kappa shape index (κ2) is 7.76. The van der Waals surface area contributed by atoms with Crippen LogP contribution in [-0.2, 0) is 27.8 Å². The minimum Gasteiger partial charge on any atom is -0.403 e. The van der Waals surface area contributed by atoms with Crippen molar-refractivity contribution in [1.82, 2.24) is 14.5 Å². The molecule has 3 aromatic rings. The van der Waals surface area contributed by atoms with Gasteiger partial charge in [-0.2, -0.15) is 4.31 Å². The number of amides is 1. The van der Waals surface area contributed by atoms with E-state index in [2.05, 4.69) is 15.5 Å². The van der Waals surface area contributed by atoms with Crippen molar-refractivity contribution < 1.29 is 17.6 Å². The lowest BCUT2D eigenvalue weighted by atomic mass is 9.95. The molecule has 9 heteroatoms. The Morgan fingerprint density at radius 2 is 1.79 bits per heavy atom. The predicted octanol–water partition coefficient (Wildman–Crippen LogP) is 2.45. The van der Waals surface area contributed by atoms with Crippen LogP contribution in [0.2, 0.25) is 0 Å². The molecule has 1 aliphatic rings. The highest BCUT2D eigenvalue weighted by Crippen LogP contribution is 2.27. The maximum absolute atomic E-state index is 13.0. The molecule has 4 rings (SSSR count). The summed E-state index contributed by atoms with van der Waals surface area (Å²) >= 11 is 0. The van der Waals surface area contributed by atoms with E-state index in [1.807, 2.05) is 54.6 Å². The van der Waals surface area contributed by atoms with Crippen LogP contribution in [0.25, 0.3) is 11.5 Å². The molecule has 1 N–H and O–H groups in total. The number of benzene rings is 2. The lowest BCUT2D eigenvalue weighted by molar-refractivity contribution is -0.120. The van der Waals surface area contributed by atoms with Crippen molar-refractivity contribution in [2.75, 3.05) is 11.1 Å². The Bertz CT molecular complexity index is 1130. The molecule has 0 fully saturated rings. The molecule has 0 bridgehead atoms. The SMILES string of the molecule is CCS(=O)(=O)N1Cc2ccccc2CC1C(=O)Nc1nnc(-c2ccccc2)o1. The Morgan fingerprint density at radius 1 is 1.10 bits per heavy atom. The van der Waals surface area contributed by atoms with Gasteiger partial charge in [-0.25, -0.2) is 8.42 Å². The average Bonchev–Trinajstić information content (AvgIpc) is 3.22. The number of carbonyl (C=O) groups is 1. The second-order valence-corrected chi connectivity index (χ2v) is 8.91. The number of nitrogens with one attached hydrogen (secondary N) is 1. The first kappa shape index (κ1) is 19.3. The molecule has 0 radical (unpaired) electrons. The summed E-state index contributed by atoms with van der Waals surface area (Å²) in [4.78, 5) is 13.0. The fourth-order valence-electron chi connectivity index (χ4n) is 3.34. The van der Waals surface area contributed by atoms with Gasteiger partial charge in [0.25, 0.3) is 0 Å². The number of carbonyl (C=O) groups excluding carboxylic acids is 1. The Hall–Kier alpha value is -3.04. The molecular formula is C20H20N4O4S. The summed E-state index contributed by atoms with van der Waals surface area (Å²) in [6, 6.07) is 15.7.